The minimum atomic E-state index is -0.248. The summed E-state index contributed by atoms with van der Waals surface area (Å²) in [5.41, 5.74) is 5.14. The first-order valence-corrected chi connectivity index (χ1v) is 11.4. The molecule has 1 amide bonds. The van der Waals surface area contributed by atoms with Gasteiger partial charge < -0.3 is 14.4 Å². The zero-order chi connectivity index (χ0) is 22.0. The van der Waals surface area contributed by atoms with Gasteiger partial charge in [-0.15, -0.1) is 0 Å². The largest absolute Gasteiger partial charge is 0.490 e. The molecular weight excluding hydrogens is 454 g/mol. The molecule has 0 fully saturated rings. The summed E-state index contributed by atoms with van der Waals surface area (Å²) in [5, 5.41) is 0. The summed E-state index contributed by atoms with van der Waals surface area (Å²) in [6, 6.07) is 20.0. The van der Waals surface area contributed by atoms with Gasteiger partial charge in [0.2, 0.25) is 5.91 Å². The molecule has 4 nitrogen and oxygen atoms in total. The van der Waals surface area contributed by atoms with Gasteiger partial charge in [-0.25, -0.2) is 0 Å². The van der Waals surface area contributed by atoms with Crippen LogP contribution < -0.4 is 14.4 Å². The van der Waals surface area contributed by atoms with Crippen LogP contribution in [0.1, 0.15) is 42.1 Å². The van der Waals surface area contributed by atoms with Gasteiger partial charge in [0.05, 0.1) is 25.7 Å². The Balaban J connectivity index is 1.91. The van der Waals surface area contributed by atoms with Crippen molar-refractivity contribution in [3.05, 3.63) is 87.4 Å². The summed E-state index contributed by atoms with van der Waals surface area (Å²) in [7, 11) is 0. The van der Waals surface area contributed by atoms with Gasteiger partial charge in [0.25, 0.3) is 0 Å². The molecule has 0 aromatic heterocycles. The van der Waals surface area contributed by atoms with Crippen LogP contribution in [0, 0.1) is 6.92 Å². The molecular formula is C26H26BrNO3. The normalized spacial score (nSPS) is 15.5. The number of halogens is 1. The molecule has 0 spiro atoms. The summed E-state index contributed by atoms with van der Waals surface area (Å²) in [6.07, 6.45) is 0.322. The summed E-state index contributed by atoms with van der Waals surface area (Å²) >= 11 is 3.52. The molecule has 3 aromatic carbocycles. The SMILES string of the molecule is CCOc1cc2c(cc1OCC)[C@H](c1ccc(Br)cc1)N(c1ccc(C)cc1)C(=O)C2. The van der Waals surface area contributed by atoms with Crippen LogP contribution in [0.3, 0.4) is 0 Å². The summed E-state index contributed by atoms with van der Waals surface area (Å²) in [4.78, 5) is 15.3. The second-order valence-electron chi connectivity index (χ2n) is 7.59. The minimum Gasteiger partial charge on any atom is -0.490 e. The zero-order valence-corrected chi connectivity index (χ0v) is 19.6. The van der Waals surface area contributed by atoms with Gasteiger partial charge in [0, 0.05) is 10.2 Å². The Morgan fingerprint density at radius 3 is 2.16 bits per heavy atom. The Morgan fingerprint density at radius 2 is 1.55 bits per heavy atom. The van der Waals surface area contributed by atoms with Crippen LogP contribution >= 0.6 is 15.9 Å². The van der Waals surface area contributed by atoms with E-state index in [1.54, 1.807) is 0 Å². The lowest BCUT2D eigenvalue weighted by Crippen LogP contribution is -2.41. The second-order valence-corrected chi connectivity index (χ2v) is 8.51. The number of carbonyl (C=O) groups excluding carboxylic acids is 1. The van der Waals surface area contributed by atoms with E-state index in [0.717, 1.165) is 32.4 Å². The van der Waals surface area contributed by atoms with Crippen LogP contribution in [-0.2, 0) is 11.2 Å². The fourth-order valence-corrected chi connectivity index (χ4v) is 4.33. The van der Waals surface area contributed by atoms with Crippen molar-refractivity contribution in [1.82, 2.24) is 0 Å². The van der Waals surface area contributed by atoms with Gasteiger partial charge >= 0.3 is 0 Å². The van der Waals surface area contributed by atoms with Gasteiger partial charge in [-0.3, -0.25) is 4.79 Å². The number of hydrogen-bond donors (Lipinski definition) is 0. The monoisotopic (exact) mass is 479 g/mol. The van der Waals surface area contributed by atoms with Crippen LogP contribution in [0.25, 0.3) is 0 Å². The van der Waals surface area contributed by atoms with Crippen LogP contribution in [0.15, 0.2) is 65.1 Å². The van der Waals surface area contributed by atoms with Crippen LogP contribution in [-0.4, -0.2) is 19.1 Å². The van der Waals surface area contributed by atoms with Crippen molar-refractivity contribution in [2.75, 3.05) is 18.1 Å². The fraction of sp³-hybridized carbons (Fsp3) is 0.269. The lowest BCUT2D eigenvalue weighted by Gasteiger charge is -2.38. The first kappa shape index (κ1) is 21.4. The molecule has 5 heteroatoms. The average Bonchev–Trinajstić information content (AvgIpc) is 2.75. The Morgan fingerprint density at radius 1 is 0.935 bits per heavy atom. The Labute approximate surface area is 191 Å². The molecule has 1 atom stereocenters. The van der Waals surface area contributed by atoms with Crippen molar-refractivity contribution in [2.24, 2.45) is 0 Å². The number of carbonyl (C=O) groups is 1. The van der Waals surface area contributed by atoms with Gasteiger partial charge in [-0.05, 0) is 73.9 Å². The van der Waals surface area contributed by atoms with Gasteiger partial charge in [0.15, 0.2) is 11.5 Å². The highest BCUT2D eigenvalue weighted by atomic mass is 79.9. The van der Waals surface area contributed by atoms with Crippen molar-refractivity contribution >= 4 is 27.5 Å². The molecule has 31 heavy (non-hydrogen) atoms. The van der Waals surface area contributed by atoms with Gasteiger partial charge in [-0.2, -0.15) is 0 Å². The molecule has 160 valence electrons. The molecule has 0 N–H and O–H groups in total. The molecule has 1 aliphatic rings. The highest BCUT2D eigenvalue weighted by molar-refractivity contribution is 9.10. The molecule has 4 rings (SSSR count). The molecule has 0 unspecified atom stereocenters. The van der Waals surface area contributed by atoms with E-state index in [1.807, 2.05) is 74.2 Å². The first-order chi connectivity index (χ1) is 15.0. The van der Waals surface area contributed by atoms with E-state index >= 15 is 0 Å². The highest BCUT2D eigenvalue weighted by Gasteiger charge is 2.36. The third-order valence-corrected chi connectivity index (χ3v) is 5.99. The van der Waals surface area contributed by atoms with Crippen LogP contribution in [0.5, 0.6) is 11.5 Å². The van der Waals surface area contributed by atoms with Crippen LogP contribution in [0.2, 0.25) is 0 Å². The van der Waals surface area contributed by atoms with E-state index in [0.29, 0.717) is 31.1 Å². The minimum absolute atomic E-state index is 0.0656. The Kier molecular flexibility index (Phi) is 6.33. The maximum Gasteiger partial charge on any atom is 0.232 e. The molecule has 3 aromatic rings. The number of hydrogen-bond acceptors (Lipinski definition) is 3. The first-order valence-electron chi connectivity index (χ1n) is 10.6. The Bertz CT molecular complexity index is 1080. The van der Waals surface area contributed by atoms with E-state index in [9.17, 15) is 4.79 Å². The standard InChI is InChI=1S/C26H26BrNO3/c1-4-30-23-14-19-15-25(29)28(21-12-6-17(3)7-13-21)26(18-8-10-20(27)11-9-18)22(19)16-24(23)31-5-2/h6-14,16,26H,4-5,15H2,1-3H3/t26-/m0/s1. The lowest BCUT2D eigenvalue weighted by atomic mass is 9.86. The fourth-order valence-electron chi connectivity index (χ4n) is 4.07. The van der Waals surface area contributed by atoms with E-state index in [4.69, 9.17) is 9.47 Å². The zero-order valence-electron chi connectivity index (χ0n) is 18.0. The molecule has 0 aliphatic carbocycles. The third-order valence-electron chi connectivity index (χ3n) is 5.47. The number of ether oxygens (including phenoxy) is 2. The number of aryl methyl sites for hydroxylation is 1. The summed E-state index contributed by atoms with van der Waals surface area (Å²) in [6.45, 7) is 7.04. The summed E-state index contributed by atoms with van der Waals surface area (Å²) < 4.78 is 12.7. The van der Waals surface area contributed by atoms with Crippen molar-refractivity contribution in [2.45, 2.75) is 33.2 Å². The highest BCUT2D eigenvalue weighted by Crippen LogP contribution is 2.43. The van der Waals surface area contributed by atoms with Crippen molar-refractivity contribution < 1.29 is 14.3 Å². The number of amides is 1. The molecule has 0 radical (unpaired) electrons. The quantitative estimate of drug-likeness (QED) is 0.420. The van der Waals surface area contributed by atoms with Crippen molar-refractivity contribution in [1.29, 1.82) is 0 Å². The smallest absolute Gasteiger partial charge is 0.232 e. The number of anilines is 1. The maximum atomic E-state index is 13.4. The van der Waals surface area contributed by atoms with Crippen molar-refractivity contribution in [3.8, 4) is 11.5 Å². The third kappa shape index (κ3) is 4.33. The number of fused-ring (bicyclic) bond motifs is 1. The maximum absolute atomic E-state index is 13.4. The molecule has 1 heterocycles. The number of benzene rings is 3. The predicted molar refractivity (Wildman–Crippen MR) is 127 cm³/mol. The molecule has 0 bridgehead atoms. The average molecular weight is 480 g/mol. The number of rotatable bonds is 6. The lowest BCUT2D eigenvalue weighted by molar-refractivity contribution is -0.118. The predicted octanol–water partition coefficient (Wildman–Crippen LogP) is 6.23. The van der Waals surface area contributed by atoms with Gasteiger partial charge in [0.1, 0.15) is 0 Å². The van der Waals surface area contributed by atoms with E-state index in [1.165, 1.54) is 0 Å². The van der Waals surface area contributed by atoms with E-state index < -0.39 is 0 Å². The second kappa shape index (κ2) is 9.15. The summed E-state index contributed by atoms with van der Waals surface area (Å²) in [5.74, 6) is 1.47. The molecule has 0 saturated heterocycles. The molecule has 1 aliphatic heterocycles. The van der Waals surface area contributed by atoms with Crippen molar-refractivity contribution in [3.63, 3.8) is 0 Å². The number of nitrogens with zero attached hydrogens (tertiary/aromatic N) is 1. The topological polar surface area (TPSA) is 38.8 Å². The van der Waals surface area contributed by atoms with E-state index in [-0.39, 0.29) is 11.9 Å². The van der Waals surface area contributed by atoms with Gasteiger partial charge in [-0.1, -0.05) is 45.8 Å². The van der Waals surface area contributed by atoms with E-state index in [2.05, 4.69) is 28.1 Å². The van der Waals surface area contributed by atoms with Crippen LogP contribution in [0.4, 0.5) is 5.69 Å². The molecule has 0 saturated carbocycles. The Hall–Kier alpha value is -2.79.